The molecule has 0 radical (unpaired) electrons. The summed E-state index contributed by atoms with van der Waals surface area (Å²) in [7, 11) is 1.74. The fourth-order valence-electron chi connectivity index (χ4n) is 2.43. The van der Waals surface area contributed by atoms with Gasteiger partial charge >= 0.3 is 5.97 Å². The molecular weight excluding hydrogens is 346 g/mol. The Balaban J connectivity index is 1.90. The maximum atomic E-state index is 12.6. The SMILES string of the molecule is CCCCOc1ccc(C(=O)N(C)Cc2ccc(OCC(=O)O)cc2)cc1. The number of carbonyl (C=O) groups excluding carboxylic acids is 1. The third kappa shape index (κ3) is 6.66. The summed E-state index contributed by atoms with van der Waals surface area (Å²) in [6.07, 6.45) is 2.08. The Bertz CT molecular complexity index is 740. The van der Waals surface area contributed by atoms with Crippen LogP contribution in [0, 0.1) is 0 Å². The highest BCUT2D eigenvalue weighted by molar-refractivity contribution is 5.94. The highest BCUT2D eigenvalue weighted by Crippen LogP contribution is 2.16. The molecular formula is C21H25NO5. The van der Waals surface area contributed by atoms with Gasteiger partial charge in [-0.15, -0.1) is 0 Å². The highest BCUT2D eigenvalue weighted by Gasteiger charge is 2.12. The van der Waals surface area contributed by atoms with E-state index in [9.17, 15) is 9.59 Å². The van der Waals surface area contributed by atoms with E-state index in [1.165, 1.54) is 0 Å². The molecule has 6 nitrogen and oxygen atoms in total. The Labute approximate surface area is 159 Å². The summed E-state index contributed by atoms with van der Waals surface area (Å²) >= 11 is 0. The predicted molar refractivity (Wildman–Crippen MR) is 102 cm³/mol. The number of benzene rings is 2. The number of unbranched alkanes of at least 4 members (excludes halogenated alkanes) is 1. The van der Waals surface area contributed by atoms with Crippen LogP contribution in [-0.4, -0.2) is 42.1 Å². The molecule has 0 fully saturated rings. The number of ether oxygens (including phenoxy) is 2. The zero-order valence-electron chi connectivity index (χ0n) is 15.7. The van der Waals surface area contributed by atoms with Gasteiger partial charge in [-0.25, -0.2) is 4.79 Å². The molecule has 2 rings (SSSR count). The van der Waals surface area contributed by atoms with E-state index < -0.39 is 5.97 Å². The summed E-state index contributed by atoms with van der Waals surface area (Å²) in [6.45, 7) is 2.84. The lowest BCUT2D eigenvalue weighted by atomic mass is 10.1. The summed E-state index contributed by atoms with van der Waals surface area (Å²) in [5.41, 5.74) is 1.52. The quantitative estimate of drug-likeness (QED) is 0.646. The van der Waals surface area contributed by atoms with Crippen LogP contribution in [0.15, 0.2) is 48.5 Å². The molecule has 27 heavy (non-hydrogen) atoms. The largest absolute Gasteiger partial charge is 0.494 e. The molecule has 0 heterocycles. The Kier molecular flexibility index (Phi) is 7.67. The van der Waals surface area contributed by atoms with Gasteiger partial charge in [0.05, 0.1) is 6.61 Å². The summed E-state index contributed by atoms with van der Waals surface area (Å²) < 4.78 is 10.7. The van der Waals surface area contributed by atoms with Crippen molar-refractivity contribution in [2.45, 2.75) is 26.3 Å². The first-order valence-electron chi connectivity index (χ1n) is 8.91. The van der Waals surface area contributed by atoms with E-state index in [4.69, 9.17) is 14.6 Å². The number of amides is 1. The number of carboxylic acids is 1. The Morgan fingerprint density at radius 2 is 1.56 bits per heavy atom. The monoisotopic (exact) mass is 371 g/mol. The highest BCUT2D eigenvalue weighted by atomic mass is 16.5. The van der Waals surface area contributed by atoms with Crippen molar-refractivity contribution in [1.82, 2.24) is 4.90 Å². The van der Waals surface area contributed by atoms with Gasteiger partial charge in [0, 0.05) is 19.2 Å². The van der Waals surface area contributed by atoms with Crippen LogP contribution in [0.4, 0.5) is 0 Å². The molecule has 0 aliphatic heterocycles. The molecule has 144 valence electrons. The van der Waals surface area contributed by atoms with E-state index in [-0.39, 0.29) is 12.5 Å². The third-order valence-corrected chi connectivity index (χ3v) is 3.92. The average Bonchev–Trinajstić information content (AvgIpc) is 2.67. The molecule has 0 bridgehead atoms. The predicted octanol–water partition coefficient (Wildman–Crippen LogP) is 3.60. The second kappa shape index (κ2) is 10.2. The standard InChI is InChI=1S/C21H25NO5/c1-3-4-13-26-18-11-7-17(8-12-18)21(25)22(2)14-16-5-9-19(10-6-16)27-15-20(23)24/h5-12H,3-4,13-15H2,1-2H3,(H,23,24). The molecule has 0 aliphatic rings. The van der Waals surface area contributed by atoms with Crippen molar-refractivity contribution in [2.24, 2.45) is 0 Å². The molecule has 6 heteroatoms. The molecule has 0 aromatic heterocycles. The van der Waals surface area contributed by atoms with Crippen LogP contribution in [0.3, 0.4) is 0 Å². The molecule has 0 aliphatic carbocycles. The number of hydrogen-bond acceptors (Lipinski definition) is 4. The molecule has 1 amide bonds. The molecule has 0 spiro atoms. The fraction of sp³-hybridized carbons (Fsp3) is 0.333. The smallest absolute Gasteiger partial charge is 0.341 e. The molecule has 0 saturated carbocycles. The minimum absolute atomic E-state index is 0.0821. The van der Waals surface area contributed by atoms with Crippen LogP contribution >= 0.6 is 0 Å². The van der Waals surface area contributed by atoms with Crippen molar-refractivity contribution in [2.75, 3.05) is 20.3 Å². The van der Waals surface area contributed by atoms with Gasteiger partial charge in [-0.1, -0.05) is 25.5 Å². The van der Waals surface area contributed by atoms with Crippen molar-refractivity contribution < 1.29 is 24.2 Å². The molecule has 2 aromatic rings. The number of rotatable bonds is 10. The maximum absolute atomic E-state index is 12.6. The van der Waals surface area contributed by atoms with Crippen molar-refractivity contribution in [1.29, 1.82) is 0 Å². The zero-order chi connectivity index (χ0) is 19.6. The minimum Gasteiger partial charge on any atom is -0.494 e. The number of nitrogens with zero attached hydrogens (tertiary/aromatic N) is 1. The first-order chi connectivity index (χ1) is 13.0. The van der Waals surface area contributed by atoms with Crippen LogP contribution < -0.4 is 9.47 Å². The van der Waals surface area contributed by atoms with E-state index in [1.807, 2.05) is 24.3 Å². The second-order valence-electron chi connectivity index (χ2n) is 6.21. The Hall–Kier alpha value is -3.02. The first kappa shape index (κ1) is 20.3. The number of aliphatic carboxylic acids is 1. The summed E-state index contributed by atoms with van der Waals surface area (Å²) in [5.74, 6) is 0.140. The van der Waals surface area contributed by atoms with Gasteiger partial charge in [0.2, 0.25) is 0 Å². The lowest BCUT2D eigenvalue weighted by Crippen LogP contribution is -2.26. The van der Waals surface area contributed by atoms with Crippen molar-refractivity contribution in [3.05, 3.63) is 59.7 Å². The minimum atomic E-state index is -1.02. The van der Waals surface area contributed by atoms with Crippen molar-refractivity contribution in [3.8, 4) is 11.5 Å². The fourth-order valence-corrected chi connectivity index (χ4v) is 2.43. The summed E-state index contributed by atoms with van der Waals surface area (Å²) in [6, 6.07) is 14.2. The number of hydrogen-bond donors (Lipinski definition) is 1. The molecule has 2 aromatic carbocycles. The Morgan fingerprint density at radius 1 is 0.963 bits per heavy atom. The number of carbonyl (C=O) groups is 2. The van der Waals surface area contributed by atoms with Crippen LogP contribution in [-0.2, 0) is 11.3 Å². The van der Waals surface area contributed by atoms with Gasteiger partial charge in [-0.2, -0.15) is 0 Å². The van der Waals surface area contributed by atoms with Gasteiger partial charge in [0.1, 0.15) is 11.5 Å². The van der Waals surface area contributed by atoms with E-state index in [0.717, 1.165) is 24.2 Å². The van der Waals surface area contributed by atoms with Gasteiger partial charge in [0.25, 0.3) is 5.91 Å². The zero-order valence-corrected chi connectivity index (χ0v) is 15.7. The summed E-state index contributed by atoms with van der Waals surface area (Å²) in [4.78, 5) is 24.7. The lowest BCUT2D eigenvalue weighted by Gasteiger charge is -2.18. The van der Waals surface area contributed by atoms with Crippen molar-refractivity contribution in [3.63, 3.8) is 0 Å². The van der Waals surface area contributed by atoms with Crippen LogP contribution in [0.2, 0.25) is 0 Å². The van der Waals surface area contributed by atoms with E-state index in [2.05, 4.69) is 6.92 Å². The third-order valence-electron chi connectivity index (χ3n) is 3.92. The maximum Gasteiger partial charge on any atom is 0.341 e. The van der Waals surface area contributed by atoms with E-state index in [1.54, 1.807) is 36.2 Å². The topological polar surface area (TPSA) is 76.1 Å². The van der Waals surface area contributed by atoms with Crippen molar-refractivity contribution >= 4 is 11.9 Å². The molecule has 0 atom stereocenters. The first-order valence-corrected chi connectivity index (χ1v) is 8.91. The normalized spacial score (nSPS) is 10.3. The van der Waals surface area contributed by atoms with E-state index >= 15 is 0 Å². The molecule has 0 saturated heterocycles. The Morgan fingerprint density at radius 3 is 2.15 bits per heavy atom. The van der Waals surface area contributed by atoms with Crippen LogP contribution in [0.1, 0.15) is 35.7 Å². The van der Waals surface area contributed by atoms with Gasteiger partial charge < -0.3 is 19.5 Å². The van der Waals surface area contributed by atoms with Crippen LogP contribution in [0.5, 0.6) is 11.5 Å². The van der Waals surface area contributed by atoms with Crippen LogP contribution in [0.25, 0.3) is 0 Å². The van der Waals surface area contributed by atoms with Gasteiger partial charge in [-0.05, 0) is 48.4 Å². The average molecular weight is 371 g/mol. The molecule has 0 unspecified atom stereocenters. The molecule has 1 N–H and O–H groups in total. The summed E-state index contributed by atoms with van der Waals surface area (Å²) in [5, 5.41) is 8.61. The van der Waals surface area contributed by atoms with E-state index in [0.29, 0.717) is 24.5 Å². The second-order valence-corrected chi connectivity index (χ2v) is 6.21. The van der Waals surface area contributed by atoms with Gasteiger partial charge in [0.15, 0.2) is 6.61 Å². The van der Waals surface area contributed by atoms with Gasteiger partial charge in [-0.3, -0.25) is 4.79 Å². The number of carboxylic acid groups (broad SMARTS) is 1. The lowest BCUT2D eigenvalue weighted by molar-refractivity contribution is -0.139.